The number of hydrogen-bond acceptors (Lipinski definition) is 5. The molecule has 0 saturated heterocycles. The molecule has 64 heavy (non-hydrogen) atoms. The number of hydrogen-bond donors (Lipinski definition) is 3. The first-order chi connectivity index (χ1) is 31.5. The summed E-state index contributed by atoms with van der Waals surface area (Å²) in [7, 11) is 0. The first-order valence-corrected chi connectivity index (χ1v) is 28.6. The van der Waals surface area contributed by atoms with Gasteiger partial charge in [-0.2, -0.15) is 0 Å². The van der Waals surface area contributed by atoms with Crippen molar-refractivity contribution in [1.29, 1.82) is 0 Å². The number of amides is 1. The zero-order valence-corrected chi connectivity index (χ0v) is 43.2. The largest absolute Gasteiger partial charge is 0.458 e. The first kappa shape index (κ1) is 62.3. The van der Waals surface area contributed by atoms with Crippen LogP contribution in [0.3, 0.4) is 0 Å². The Morgan fingerprint density at radius 1 is 0.469 bits per heavy atom. The van der Waals surface area contributed by atoms with Crippen LogP contribution in [0.15, 0.2) is 24.3 Å². The highest BCUT2D eigenvalue weighted by Gasteiger charge is 2.23. The smallest absolute Gasteiger partial charge is 0.306 e. The Bertz CT molecular complexity index is 1010. The number of esters is 1. The van der Waals surface area contributed by atoms with Gasteiger partial charge in [0.05, 0.1) is 25.2 Å². The number of carbonyl (C=O) groups is 2. The van der Waals surface area contributed by atoms with Crippen LogP contribution < -0.4 is 5.32 Å². The fourth-order valence-corrected chi connectivity index (χ4v) is 8.93. The van der Waals surface area contributed by atoms with Gasteiger partial charge in [0, 0.05) is 6.42 Å². The number of aliphatic hydroxyl groups excluding tert-OH is 2. The number of unbranched alkanes of at least 4 members (excludes halogenated alkanes) is 38. The molecule has 0 saturated carbocycles. The maximum absolute atomic E-state index is 13.2. The Labute approximate surface area is 399 Å². The predicted molar refractivity (Wildman–Crippen MR) is 278 cm³/mol. The summed E-state index contributed by atoms with van der Waals surface area (Å²) in [6, 6.07) is -0.728. The summed E-state index contributed by atoms with van der Waals surface area (Å²) in [5, 5.41) is 23.8. The van der Waals surface area contributed by atoms with Crippen LogP contribution in [-0.2, 0) is 14.3 Å². The predicted octanol–water partition coefficient (Wildman–Crippen LogP) is 17.5. The first-order valence-electron chi connectivity index (χ1n) is 28.6. The average Bonchev–Trinajstić information content (AvgIpc) is 3.29. The summed E-state index contributed by atoms with van der Waals surface area (Å²) in [5.41, 5.74) is 0. The van der Waals surface area contributed by atoms with Gasteiger partial charge in [-0.3, -0.25) is 9.59 Å². The summed E-state index contributed by atoms with van der Waals surface area (Å²) in [4.78, 5) is 26.1. The molecule has 0 heterocycles. The van der Waals surface area contributed by atoms with Gasteiger partial charge in [-0.1, -0.05) is 283 Å². The van der Waals surface area contributed by atoms with Crippen LogP contribution in [0.1, 0.15) is 310 Å². The van der Waals surface area contributed by atoms with E-state index in [0.29, 0.717) is 12.8 Å². The van der Waals surface area contributed by atoms with Crippen molar-refractivity contribution in [1.82, 2.24) is 5.32 Å². The average molecular weight is 903 g/mol. The van der Waals surface area contributed by atoms with Crippen molar-refractivity contribution in [3.63, 3.8) is 0 Å². The molecule has 6 nitrogen and oxygen atoms in total. The van der Waals surface area contributed by atoms with Gasteiger partial charge in [-0.15, -0.1) is 0 Å². The molecule has 6 heteroatoms. The lowest BCUT2D eigenvalue weighted by Crippen LogP contribution is -2.46. The standard InChI is InChI=1S/C58H111NO5/c1-4-7-10-13-16-19-22-24-26-28-30-32-35-38-41-44-47-50-56(61)55(53-60)59-57(62)52-54(49-46-43-40-37-34-21-18-15-12-9-6-3)64-58(63)51-48-45-42-39-36-33-31-29-27-25-23-20-17-14-11-8-5-2/h37,40,46,49,54-56,60-61H,4-36,38-39,41-45,47-48,50-53H2,1-3H3,(H,59,62)/b40-37-,49-46+. The van der Waals surface area contributed by atoms with E-state index in [9.17, 15) is 19.8 Å². The van der Waals surface area contributed by atoms with Gasteiger partial charge in [-0.25, -0.2) is 0 Å². The Balaban J connectivity index is 4.47. The molecule has 0 fully saturated rings. The highest BCUT2D eigenvalue weighted by Crippen LogP contribution is 2.18. The van der Waals surface area contributed by atoms with Gasteiger partial charge < -0.3 is 20.3 Å². The maximum Gasteiger partial charge on any atom is 0.306 e. The molecule has 0 bridgehead atoms. The van der Waals surface area contributed by atoms with Crippen LogP contribution in [0.25, 0.3) is 0 Å². The van der Waals surface area contributed by atoms with Gasteiger partial charge in [0.25, 0.3) is 0 Å². The zero-order valence-electron chi connectivity index (χ0n) is 43.2. The Morgan fingerprint density at radius 3 is 1.22 bits per heavy atom. The lowest BCUT2D eigenvalue weighted by atomic mass is 10.0. The number of rotatable bonds is 52. The van der Waals surface area contributed by atoms with E-state index < -0.39 is 18.2 Å². The van der Waals surface area contributed by atoms with Crippen molar-refractivity contribution in [3.8, 4) is 0 Å². The quantitative estimate of drug-likeness (QED) is 0.0321. The zero-order chi connectivity index (χ0) is 46.7. The summed E-state index contributed by atoms with van der Waals surface area (Å²) in [5.74, 6) is -0.584. The van der Waals surface area contributed by atoms with Crippen LogP contribution in [0.5, 0.6) is 0 Å². The van der Waals surface area contributed by atoms with Crippen LogP contribution in [0.2, 0.25) is 0 Å². The summed E-state index contributed by atoms with van der Waals surface area (Å²) in [6.45, 7) is 6.48. The van der Waals surface area contributed by atoms with Crippen LogP contribution >= 0.6 is 0 Å². The molecule has 0 aromatic rings. The molecule has 0 aromatic carbocycles. The molecule has 0 aromatic heterocycles. The lowest BCUT2D eigenvalue weighted by Gasteiger charge is -2.23. The van der Waals surface area contributed by atoms with E-state index in [2.05, 4.69) is 38.2 Å². The SMILES string of the molecule is CCCCCCCC/C=C\C/C=C/C(CC(=O)NC(CO)C(O)CCCCCCCCCCCCCCCCCCC)OC(=O)CCCCCCCCCCCCCCCCCCC. The summed E-state index contributed by atoms with van der Waals surface area (Å²) in [6.07, 6.45) is 61.4. The normalized spacial score (nSPS) is 13.3. The van der Waals surface area contributed by atoms with Crippen molar-refractivity contribution >= 4 is 11.9 Å². The van der Waals surface area contributed by atoms with Crippen molar-refractivity contribution in [3.05, 3.63) is 24.3 Å². The molecule has 378 valence electrons. The monoisotopic (exact) mass is 902 g/mol. The molecule has 0 aliphatic heterocycles. The molecular formula is C58H111NO5. The fourth-order valence-electron chi connectivity index (χ4n) is 8.93. The highest BCUT2D eigenvalue weighted by atomic mass is 16.5. The van der Waals surface area contributed by atoms with Crippen LogP contribution in [0.4, 0.5) is 0 Å². The molecular weight excluding hydrogens is 791 g/mol. The molecule has 0 radical (unpaired) electrons. The minimum Gasteiger partial charge on any atom is -0.458 e. The Kier molecular flexibility index (Phi) is 51.0. The third-order valence-corrected chi connectivity index (χ3v) is 13.3. The van der Waals surface area contributed by atoms with E-state index in [-0.39, 0.29) is 24.9 Å². The van der Waals surface area contributed by atoms with Gasteiger partial charge >= 0.3 is 5.97 Å². The van der Waals surface area contributed by atoms with E-state index in [4.69, 9.17) is 4.74 Å². The summed E-state index contributed by atoms with van der Waals surface area (Å²) < 4.78 is 5.85. The van der Waals surface area contributed by atoms with E-state index in [0.717, 1.165) is 51.4 Å². The van der Waals surface area contributed by atoms with Crippen LogP contribution in [-0.4, -0.2) is 46.9 Å². The highest BCUT2D eigenvalue weighted by molar-refractivity contribution is 5.78. The molecule has 3 unspecified atom stereocenters. The molecule has 3 N–H and O–H groups in total. The Hall–Kier alpha value is -1.66. The third-order valence-electron chi connectivity index (χ3n) is 13.3. The number of carbonyl (C=O) groups excluding carboxylic acids is 2. The van der Waals surface area contributed by atoms with E-state index in [1.807, 2.05) is 12.2 Å². The van der Waals surface area contributed by atoms with E-state index >= 15 is 0 Å². The second-order valence-corrected chi connectivity index (χ2v) is 19.7. The fraction of sp³-hybridized carbons (Fsp3) is 0.897. The molecule has 0 aliphatic carbocycles. The van der Waals surface area contributed by atoms with Crippen molar-refractivity contribution in [2.24, 2.45) is 0 Å². The number of aliphatic hydroxyl groups is 2. The topological polar surface area (TPSA) is 95.9 Å². The Morgan fingerprint density at radius 2 is 0.828 bits per heavy atom. The van der Waals surface area contributed by atoms with Gasteiger partial charge in [0.15, 0.2) is 0 Å². The number of nitrogens with one attached hydrogen (secondary N) is 1. The summed E-state index contributed by atoms with van der Waals surface area (Å²) >= 11 is 0. The maximum atomic E-state index is 13.2. The van der Waals surface area contributed by atoms with Gasteiger partial charge in [-0.05, 0) is 38.2 Å². The molecule has 0 rings (SSSR count). The molecule has 0 aliphatic rings. The minimum atomic E-state index is -0.807. The third kappa shape index (κ3) is 46.9. The minimum absolute atomic E-state index is 0.0227. The molecule has 3 atom stereocenters. The number of allylic oxidation sites excluding steroid dienone is 3. The van der Waals surface area contributed by atoms with Crippen molar-refractivity contribution in [2.45, 2.75) is 328 Å². The van der Waals surface area contributed by atoms with Crippen LogP contribution in [0, 0.1) is 0 Å². The van der Waals surface area contributed by atoms with Gasteiger partial charge in [0.1, 0.15) is 6.10 Å². The lowest BCUT2D eigenvalue weighted by molar-refractivity contribution is -0.148. The second-order valence-electron chi connectivity index (χ2n) is 19.7. The van der Waals surface area contributed by atoms with Crippen molar-refractivity contribution < 1.29 is 24.5 Å². The molecule has 1 amide bonds. The number of ether oxygens (including phenoxy) is 1. The molecule has 0 spiro atoms. The van der Waals surface area contributed by atoms with E-state index in [1.165, 1.54) is 218 Å². The second kappa shape index (κ2) is 52.3. The van der Waals surface area contributed by atoms with Crippen molar-refractivity contribution in [2.75, 3.05) is 6.61 Å². The van der Waals surface area contributed by atoms with Gasteiger partial charge in [0.2, 0.25) is 5.91 Å². The van der Waals surface area contributed by atoms with E-state index in [1.54, 1.807) is 0 Å².